The predicted octanol–water partition coefficient (Wildman–Crippen LogP) is 2.44. The Labute approximate surface area is 190 Å². The van der Waals surface area contributed by atoms with Gasteiger partial charge >= 0.3 is 5.76 Å². The van der Waals surface area contributed by atoms with Crippen molar-refractivity contribution in [3.63, 3.8) is 0 Å². The summed E-state index contributed by atoms with van der Waals surface area (Å²) in [5, 5.41) is 14.2. The van der Waals surface area contributed by atoms with Crippen LogP contribution in [0, 0.1) is 5.82 Å². The number of hydrogen-bond donors (Lipinski definition) is 2. The predicted molar refractivity (Wildman–Crippen MR) is 115 cm³/mol. The Bertz CT molecular complexity index is 1250. The molecule has 0 amide bonds. The van der Waals surface area contributed by atoms with E-state index in [2.05, 4.69) is 41.4 Å². The van der Waals surface area contributed by atoms with Crippen LogP contribution < -0.4 is 15.8 Å². The first-order chi connectivity index (χ1) is 15.3. The van der Waals surface area contributed by atoms with E-state index in [1.807, 2.05) is 0 Å². The van der Waals surface area contributed by atoms with Gasteiger partial charge < -0.3 is 5.32 Å². The first-order valence-corrected chi connectivity index (χ1v) is 12.4. The molecule has 172 valence electrons. The van der Waals surface area contributed by atoms with Crippen LogP contribution in [0.15, 0.2) is 36.6 Å². The zero-order valence-corrected chi connectivity index (χ0v) is 19.2. The van der Waals surface area contributed by atoms with Gasteiger partial charge in [0, 0.05) is 12.6 Å². The van der Waals surface area contributed by atoms with Gasteiger partial charge in [0.15, 0.2) is 5.69 Å². The molecule has 0 aliphatic heterocycles. The fraction of sp³-hybridized carbons (Fsp3) is 0.444. The maximum atomic E-state index is 13.6. The lowest BCUT2D eigenvalue weighted by molar-refractivity contribution is 0.309. The van der Waals surface area contributed by atoms with Crippen LogP contribution in [-0.4, -0.2) is 46.8 Å². The lowest BCUT2D eigenvalue weighted by Crippen LogP contribution is -2.34. The monoisotopic (exact) mass is 530 g/mol. The molecule has 1 saturated carbocycles. The second kappa shape index (κ2) is 9.50. The number of nitrogens with one attached hydrogen (secondary N) is 2. The molecular formula is C18H20BrFN6O5S. The van der Waals surface area contributed by atoms with Gasteiger partial charge in [-0.15, -0.1) is 0 Å². The van der Waals surface area contributed by atoms with Crippen LogP contribution in [0.5, 0.6) is 0 Å². The Hall–Kier alpha value is -2.58. The van der Waals surface area contributed by atoms with E-state index >= 15 is 0 Å². The first-order valence-electron chi connectivity index (χ1n) is 9.95. The quantitative estimate of drug-likeness (QED) is 0.398. The second-order valence-electron chi connectivity index (χ2n) is 7.37. The van der Waals surface area contributed by atoms with Crippen molar-refractivity contribution >= 4 is 31.8 Å². The molecule has 0 saturated heterocycles. The molecule has 1 aromatic carbocycles. The van der Waals surface area contributed by atoms with Crippen LogP contribution in [-0.2, 0) is 10.0 Å². The Balaban J connectivity index is 1.44. The molecule has 3 aromatic rings. The minimum absolute atomic E-state index is 0.00669. The molecule has 1 fully saturated rings. The fourth-order valence-electron chi connectivity index (χ4n) is 3.53. The van der Waals surface area contributed by atoms with Gasteiger partial charge in [0.2, 0.25) is 21.7 Å². The zero-order valence-electron chi connectivity index (χ0n) is 16.8. The molecule has 0 bridgehead atoms. The SMILES string of the molecule is O=c1onc(-c2nonc2NCCCS(=O)(=O)NC2CCCC2)n1-c1ccc(F)c(Br)c1. The zero-order chi connectivity index (χ0) is 22.7. The van der Waals surface area contributed by atoms with Crippen LogP contribution in [0.4, 0.5) is 10.2 Å². The summed E-state index contributed by atoms with van der Waals surface area (Å²) >= 11 is 3.07. The van der Waals surface area contributed by atoms with Gasteiger partial charge in [0.1, 0.15) is 5.82 Å². The van der Waals surface area contributed by atoms with Crippen LogP contribution in [0.3, 0.4) is 0 Å². The highest BCUT2D eigenvalue weighted by molar-refractivity contribution is 9.10. The first kappa shape index (κ1) is 22.6. The lowest BCUT2D eigenvalue weighted by atomic mass is 10.3. The molecule has 0 spiro atoms. The van der Waals surface area contributed by atoms with Gasteiger partial charge in [-0.1, -0.05) is 18.0 Å². The van der Waals surface area contributed by atoms with Gasteiger partial charge in [0.05, 0.1) is 15.9 Å². The molecule has 0 atom stereocenters. The van der Waals surface area contributed by atoms with Crippen molar-refractivity contribution in [2.75, 3.05) is 17.6 Å². The van der Waals surface area contributed by atoms with E-state index in [1.165, 1.54) is 18.2 Å². The number of sulfonamides is 1. The number of benzene rings is 1. The van der Waals surface area contributed by atoms with E-state index in [9.17, 15) is 17.6 Å². The molecule has 0 unspecified atom stereocenters. The summed E-state index contributed by atoms with van der Waals surface area (Å²) in [7, 11) is -3.37. The number of halogens is 2. The highest BCUT2D eigenvalue weighted by Crippen LogP contribution is 2.26. The van der Waals surface area contributed by atoms with Gasteiger partial charge in [-0.3, -0.25) is 4.52 Å². The van der Waals surface area contributed by atoms with Crippen molar-refractivity contribution in [2.45, 2.75) is 38.1 Å². The van der Waals surface area contributed by atoms with Gasteiger partial charge in [0.25, 0.3) is 0 Å². The minimum atomic E-state index is -3.37. The summed E-state index contributed by atoms with van der Waals surface area (Å²) in [5.74, 6) is -1.20. The third-order valence-corrected chi connectivity index (χ3v) is 7.18. The second-order valence-corrected chi connectivity index (χ2v) is 10.1. The normalized spacial score (nSPS) is 14.8. The molecule has 2 aromatic heterocycles. The Morgan fingerprint density at radius 2 is 2.00 bits per heavy atom. The third-order valence-electron chi connectivity index (χ3n) is 5.05. The number of hydrogen-bond acceptors (Lipinski definition) is 9. The van der Waals surface area contributed by atoms with Gasteiger partial charge in [-0.25, -0.2) is 31.5 Å². The van der Waals surface area contributed by atoms with Crippen molar-refractivity contribution in [2.24, 2.45) is 0 Å². The minimum Gasteiger partial charge on any atom is -0.365 e. The molecule has 14 heteroatoms. The molecular weight excluding hydrogens is 511 g/mol. The van der Waals surface area contributed by atoms with Crippen molar-refractivity contribution in [3.8, 4) is 17.2 Å². The van der Waals surface area contributed by atoms with Gasteiger partial charge in [-0.2, -0.15) is 0 Å². The highest BCUT2D eigenvalue weighted by Gasteiger charge is 2.24. The molecule has 32 heavy (non-hydrogen) atoms. The van der Waals surface area contributed by atoms with Crippen LogP contribution >= 0.6 is 15.9 Å². The molecule has 4 rings (SSSR count). The fourth-order valence-corrected chi connectivity index (χ4v) is 5.28. The van der Waals surface area contributed by atoms with Crippen molar-refractivity contribution < 1.29 is 22.0 Å². The molecule has 11 nitrogen and oxygen atoms in total. The third kappa shape index (κ3) is 5.07. The van der Waals surface area contributed by atoms with Crippen LogP contribution in [0.25, 0.3) is 17.2 Å². The average Bonchev–Trinajstić information content (AvgIpc) is 3.48. The summed E-state index contributed by atoms with van der Waals surface area (Å²) in [5.41, 5.74) is 0.376. The van der Waals surface area contributed by atoms with E-state index < -0.39 is 21.6 Å². The number of aromatic nitrogens is 4. The van der Waals surface area contributed by atoms with E-state index in [4.69, 9.17) is 9.15 Å². The Morgan fingerprint density at radius 1 is 1.22 bits per heavy atom. The number of anilines is 1. The van der Waals surface area contributed by atoms with E-state index in [0.29, 0.717) is 6.42 Å². The molecule has 1 aliphatic rings. The summed E-state index contributed by atoms with van der Waals surface area (Å²) < 4.78 is 51.5. The van der Waals surface area contributed by atoms with E-state index in [-0.39, 0.29) is 45.8 Å². The summed E-state index contributed by atoms with van der Waals surface area (Å²) in [6.07, 6.45) is 4.13. The van der Waals surface area contributed by atoms with Crippen LogP contribution in [0.2, 0.25) is 0 Å². The molecule has 0 radical (unpaired) electrons. The maximum Gasteiger partial charge on any atom is 0.446 e. The van der Waals surface area contributed by atoms with Crippen molar-refractivity contribution in [1.82, 2.24) is 24.8 Å². The summed E-state index contributed by atoms with van der Waals surface area (Å²) in [6, 6.07) is 3.98. The van der Waals surface area contributed by atoms with E-state index in [1.54, 1.807) is 0 Å². The largest absolute Gasteiger partial charge is 0.446 e. The summed E-state index contributed by atoms with van der Waals surface area (Å²) in [6.45, 7) is 0.261. The number of nitrogens with zero attached hydrogens (tertiary/aromatic N) is 4. The van der Waals surface area contributed by atoms with E-state index in [0.717, 1.165) is 30.3 Å². The number of rotatable bonds is 9. The van der Waals surface area contributed by atoms with Crippen LogP contribution in [0.1, 0.15) is 32.1 Å². The smallest absolute Gasteiger partial charge is 0.365 e. The van der Waals surface area contributed by atoms with Gasteiger partial charge in [-0.05, 0) is 63.7 Å². The van der Waals surface area contributed by atoms with Crippen molar-refractivity contribution in [3.05, 3.63) is 39.0 Å². The Kier molecular flexibility index (Phi) is 6.71. The standard InChI is InChI=1S/C18H20BrFN6O5S/c19-13-10-12(6-7-14(13)20)26-17(24-30-18(26)27)15-16(23-31-22-15)21-8-3-9-32(28,29)25-11-4-1-2-5-11/h6-7,10-11,25H,1-5,8-9H2,(H,21,23). The summed E-state index contributed by atoms with van der Waals surface area (Å²) in [4.78, 5) is 12.2. The van der Waals surface area contributed by atoms with Crippen molar-refractivity contribution in [1.29, 1.82) is 0 Å². The Morgan fingerprint density at radius 3 is 2.75 bits per heavy atom. The molecule has 2 N–H and O–H groups in total. The lowest BCUT2D eigenvalue weighted by Gasteiger charge is -2.12. The molecule has 2 heterocycles. The maximum absolute atomic E-state index is 13.6. The topological polar surface area (TPSA) is 145 Å². The highest BCUT2D eigenvalue weighted by atomic mass is 79.9. The average molecular weight is 531 g/mol. The molecule has 1 aliphatic carbocycles.